The minimum absolute atomic E-state index is 0.0507. The van der Waals surface area contributed by atoms with Gasteiger partial charge in [0.05, 0.1) is 10.5 Å². The van der Waals surface area contributed by atoms with Crippen molar-refractivity contribution < 1.29 is 14.8 Å². The van der Waals surface area contributed by atoms with Gasteiger partial charge >= 0.3 is 11.6 Å². The van der Waals surface area contributed by atoms with E-state index >= 15 is 0 Å². The maximum Gasteiger partial charge on any atom is 0.350 e. The zero-order valence-corrected chi connectivity index (χ0v) is 8.80. The molecule has 0 aliphatic rings. The molecule has 0 atom stereocenters. The average molecular weight is 215 g/mol. The summed E-state index contributed by atoms with van der Waals surface area (Å²) in [7, 11) is 1.56. The molecule has 1 aromatic rings. The molecular formula is C8H13N3O4. The van der Waals surface area contributed by atoms with Crippen LogP contribution < -0.4 is 4.74 Å². The fourth-order valence-electron chi connectivity index (χ4n) is 0.929. The van der Waals surface area contributed by atoms with E-state index in [9.17, 15) is 15.2 Å². The maximum absolute atomic E-state index is 10.6. The molecule has 0 amide bonds. The van der Waals surface area contributed by atoms with Crippen LogP contribution in [0.4, 0.5) is 5.69 Å². The van der Waals surface area contributed by atoms with Crippen LogP contribution in [0.5, 0.6) is 5.88 Å². The Kier molecular flexibility index (Phi) is 2.94. The first-order valence-electron chi connectivity index (χ1n) is 4.33. The molecule has 1 rings (SSSR count). The molecule has 0 aliphatic heterocycles. The van der Waals surface area contributed by atoms with Crippen LogP contribution in [0.15, 0.2) is 6.20 Å². The minimum Gasteiger partial charge on any atom is -0.469 e. The SMILES string of the molecule is Cn1cc([N+](=O)[O-])c(OCC(C)(C)O)n1. The van der Waals surface area contributed by atoms with E-state index in [4.69, 9.17) is 4.74 Å². The molecule has 0 aromatic carbocycles. The third-order valence-corrected chi connectivity index (χ3v) is 1.54. The van der Waals surface area contributed by atoms with Gasteiger partial charge in [-0.15, -0.1) is 5.10 Å². The maximum atomic E-state index is 10.6. The Balaban J connectivity index is 2.80. The molecule has 1 aromatic heterocycles. The van der Waals surface area contributed by atoms with Gasteiger partial charge in [-0.05, 0) is 13.8 Å². The summed E-state index contributed by atoms with van der Waals surface area (Å²) in [5.74, 6) is -0.0791. The number of aryl methyl sites for hydroxylation is 1. The second-order valence-electron chi connectivity index (χ2n) is 3.85. The number of ether oxygens (including phenoxy) is 1. The zero-order chi connectivity index (χ0) is 11.6. The molecule has 0 spiro atoms. The fraction of sp³-hybridized carbons (Fsp3) is 0.625. The molecule has 7 nitrogen and oxygen atoms in total. The summed E-state index contributed by atoms with van der Waals surface area (Å²) in [6.07, 6.45) is 1.25. The summed E-state index contributed by atoms with van der Waals surface area (Å²) >= 11 is 0. The van der Waals surface area contributed by atoms with Gasteiger partial charge in [0, 0.05) is 7.05 Å². The summed E-state index contributed by atoms with van der Waals surface area (Å²) in [5.41, 5.74) is -1.26. The Morgan fingerprint density at radius 3 is 2.80 bits per heavy atom. The smallest absolute Gasteiger partial charge is 0.350 e. The van der Waals surface area contributed by atoms with Gasteiger partial charge in [0.1, 0.15) is 12.8 Å². The van der Waals surface area contributed by atoms with Crippen LogP contribution >= 0.6 is 0 Å². The first-order valence-corrected chi connectivity index (χ1v) is 4.33. The van der Waals surface area contributed by atoms with E-state index in [0.29, 0.717) is 0 Å². The van der Waals surface area contributed by atoms with Gasteiger partial charge < -0.3 is 9.84 Å². The second kappa shape index (κ2) is 3.85. The monoisotopic (exact) mass is 215 g/mol. The van der Waals surface area contributed by atoms with Crippen LogP contribution in [0.3, 0.4) is 0 Å². The molecule has 84 valence electrons. The van der Waals surface area contributed by atoms with Gasteiger partial charge in [0.15, 0.2) is 0 Å². The Morgan fingerprint density at radius 1 is 1.73 bits per heavy atom. The molecular weight excluding hydrogens is 202 g/mol. The quantitative estimate of drug-likeness (QED) is 0.582. The van der Waals surface area contributed by atoms with Crippen molar-refractivity contribution >= 4 is 5.69 Å². The van der Waals surface area contributed by atoms with E-state index in [-0.39, 0.29) is 18.2 Å². The number of hydrogen-bond donors (Lipinski definition) is 1. The average Bonchev–Trinajstić information content (AvgIpc) is 2.42. The van der Waals surface area contributed by atoms with Crippen molar-refractivity contribution in [3.63, 3.8) is 0 Å². The lowest BCUT2D eigenvalue weighted by atomic mass is 10.2. The van der Waals surface area contributed by atoms with Crippen LogP contribution in [0.1, 0.15) is 13.8 Å². The summed E-state index contributed by atoms with van der Waals surface area (Å²) in [4.78, 5) is 9.99. The van der Waals surface area contributed by atoms with Gasteiger partial charge in [-0.1, -0.05) is 0 Å². The van der Waals surface area contributed by atoms with Gasteiger partial charge in [0.2, 0.25) is 0 Å². The van der Waals surface area contributed by atoms with Crippen LogP contribution in [-0.2, 0) is 7.05 Å². The molecule has 0 bridgehead atoms. The van der Waals surface area contributed by atoms with Crippen molar-refractivity contribution in [1.82, 2.24) is 9.78 Å². The van der Waals surface area contributed by atoms with Gasteiger partial charge in [-0.3, -0.25) is 14.8 Å². The molecule has 0 aliphatic carbocycles. The zero-order valence-electron chi connectivity index (χ0n) is 8.80. The van der Waals surface area contributed by atoms with Crippen molar-refractivity contribution in [3.05, 3.63) is 16.3 Å². The number of rotatable bonds is 4. The van der Waals surface area contributed by atoms with E-state index in [1.54, 1.807) is 20.9 Å². The predicted molar refractivity (Wildman–Crippen MR) is 51.7 cm³/mol. The van der Waals surface area contributed by atoms with Gasteiger partial charge in [-0.2, -0.15) is 0 Å². The molecule has 1 heterocycles. The topological polar surface area (TPSA) is 90.4 Å². The molecule has 0 saturated carbocycles. The fourth-order valence-corrected chi connectivity index (χ4v) is 0.929. The number of aliphatic hydroxyl groups is 1. The van der Waals surface area contributed by atoms with E-state index < -0.39 is 10.5 Å². The highest BCUT2D eigenvalue weighted by Gasteiger charge is 2.22. The third-order valence-electron chi connectivity index (χ3n) is 1.54. The molecule has 0 fully saturated rings. The van der Waals surface area contributed by atoms with Crippen molar-refractivity contribution in [2.24, 2.45) is 7.05 Å². The Bertz CT molecular complexity index is 366. The Labute approximate surface area is 86.4 Å². The van der Waals surface area contributed by atoms with Crippen molar-refractivity contribution in [2.75, 3.05) is 6.61 Å². The van der Waals surface area contributed by atoms with E-state index in [2.05, 4.69) is 5.10 Å². The summed E-state index contributed by atoms with van der Waals surface area (Å²) in [5, 5.41) is 23.7. The number of nitrogens with zero attached hydrogens (tertiary/aromatic N) is 3. The lowest BCUT2D eigenvalue weighted by molar-refractivity contribution is -0.386. The first kappa shape index (κ1) is 11.4. The van der Waals surface area contributed by atoms with E-state index in [1.165, 1.54) is 10.9 Å². The van der Waals surface area contributed by atoms with Crippen molar-refractivity contribution in [3.8, 4) is 5.88 Å². The predicted octanol–water partition coefficient (Wildman–Crippen LogP) is 0.478. The first-order chi connectivity index (χ1) is 6.79. The molecule has 1 N–H and O–H groups in total. The van der Waals surface area contributed by atoms with Gasteiger partial charge in [0.25, 0.3) is 0 Å². The van der Waals surface area contributed by atoms with Gasteiger partial charge in [-0.25, -0.2) is 0 Å². The minimum atomic E-state index is -1.05. The number of aromatic nitrogens is 2. The van der Waals surface area contributed by atoms with E-state index in [1.807, 2.05) is 0 Å². The van der Waals surface area contributed by atoms with Crippen molar-refractivity contribution in [2.45, 2.75) is 19.4 Å². The highest BCUT2D eigenvalue weighted by atomic mass is 16.6. The summed E-state index contributed by atoms with van der Waals surface area (Å²) in [6.45, 7) is 3.04. The number of nitro groups is 1. The molecule has 0 unspecified atom stereocenters. The largest absolute Gasteiger partial charge is 0.469 e. The Morgan fingerprint density at radius 2 is 2.33 bits per heavy atom. The third kappa shape index (κ3) is 3.21. The summed E-state index contributed by atoms with van der Waals surface area (Å²) in [6, 6.07) is 0. The highest BCUT2D eigenvalue weighted by Crippen LogP contribution is 2.24. The summed E-state index contributed by atoms with van der Waals surface area (Å²) < 4.78 is 6.35. The van der Waals surface area contributed by atoms with Crippen LogP contribution in [0.25, 0.3) is 0 Å². The molecule has 7 heteroatoms. The van der Waals surface area contributed by atoms with Crippen LogP contribution in [0.2, 0.25) is 0 Å². The lowest BCUT2D eigenvalue weighted by Gasteiger charge is -2.15. The molecule has 0 radical (unpaired) electrons. The standard InChI is InChI=1S/C8H13N3O4/c1-8(2,12)5-15-7-6(11(13)14)4-10(3)9-7/h4,12H,5H2,1-3H3. The van der Waals surface area contributed by atoms with E-state index in [0.717, 1.165) is 0 Å². The highest BCUT2D eigenvalue weighted by molar-refractivity contribution is 5.38. The molecule has 15 heavy (non-hydrogen) atoms. The van der Waals surface area contributed by atoms with Crippen molar-refractivity contribution in [1.29, 1.82) is 0 Å². The molecule has 0 saturated heterocycles. The normalized spacial score (nSPS) is 11.5. The lowest BCUT2D eigenvalue weighted by Crippen LogP contribution is -2.28. The Hall–Kier alpha value is -1.63. The van der Waals surface area contributed by atoms with Crippen LogP contribution in [-0.4, -0.2) is 32.0 Å². The second-order valence-corrected chi connectivity index (χ2v) is 3.85. The number of hydrogen-bond acceptors (Lipinski definition) is 5. The van der Waals surface area contributed by atoms with Crippen LogP contribution in [0, 0.1) is 10.1 Å².